The van der Waals surface area contributed by atoms with Gasteiger partial charge in [-0.3, -0.25) is 9.78 Å². The van der Waals surface area contributed by atoms with Crippen molar-refractivity contribution in [3.05, 3.63) is 48.3 Å². The monoisotopic (exact) mass is 397 g/mol. The normalized spacial score (nSPS) is 17.7. The zero-order chi connectivity index (χ0) is 19.8. The van der Waals surface area contributed by atoms with E-state index >= 15 is 0 Å². The number of alkyl halides is 3. The van der Waals surface area contributed by atoms with E-state index in [1.54, 1.807) is 6.92 Å². The maximum Gasteiger partial charge on any atom is 0.446 e. The summed E-state index contributed by atoms with van der Waals surface area (Å²) in [7, 11) is 0. The molecule has 10 heteroatoms. The Labute approximate surface area is 156 Å². The quantitative estimate of drug-likeness (QED) is 0.628. The minimum atomic E-state index is -4.42. The van der Waals surface area contributed by atoms with Crippen LogP contribution < -0.4 is 4.90 Å². The molecule has 1 aromatic heterocycles. The van der Waals surface area contributed by atoms with Gasteiger partial charge in [-0.15, -0.1) is 0 Å². The number of anilines is 1. The van der Waals surface area contributed by atoms with Crippen molar-refractivity contribution in [2.24, 2.45) is 0 Å². The molecular weight excluding hydrogens is 383 g/mol. The molecule has 1 aliphatic heterocycles. The van der Waals surface area contributed by atoms with E-state index in [0.29, 0.717) is 5.56 Å². The highest BCUT2D eigenvalue weighted by molar-refractivity contribution is 8.00. The predicted octanol–water partition coefficient (Wildman–Crippen LogP) is 3.76. The van der Waals surface area contributed by atoms with E-state index in [2.05, 4.69) is 4.98 Å². The van der Waals surface area contributed by atoms with Gasteiger partial charge < -0.3 is 10.0 Å². The van der Waals surface area contributed by atoms with E-state index in [0.717, 1.165) is 4.90 Å². The van der Waals surface area contributed by atoms with Gasteiger partial charge in [0.15, 0.2) is 0 Å². The van der Waals surface area contributed by atoms with Gasteiger partial charge in [0.25, 0.3) is 5.91 Å². The van der Waals surface area contributed by atoms with Crippen LogP contribution in [0.4, 0.5) is 23.7 Å². The van der Waals surface area contributed by atoms with Gasteiger partial charge in [0.05, 0.1) is 18.4 Å². The number of thioether (sulfide) groups is 1. The molecule has 27 heavy (non-hydrogen) atoms. The Morgan fingerprint density at radius 2 is 1.85 bits per heavy atom. The van der Waals surface area contributed by atoms with Crippen molar-refractivity contribution >= 4 is 29.4 Å². The number of pyridine rings is 1. The standard InChI is InChI=1S/C17H14F3N3O3S/c1-10-15(25)23(12-2-4-13(5-3-12)27-17(18,19)20)16(26)22(10)9-11-6-7-21-8-14(11)24/h2-8,10,24H,9H2,1H3. The number of amides is 3. The average Bonchev–Trinajstić information content (AvgIpc) is 2.80. The number of rotatable bonds is 4. The lowest BCUT2D eigenvalue weighted by Gasteiger charge is -2.19. The first-order chi connectivity index (χ1) is 12.7. The first kappa shape index (κ1) is 19.0. The van der Waals surface area contributed by atoms with Gasteiger partial charge in [0.2, 0.25) is 0 Å². The molecule has 6 nitrogen and oxygen atoms in total. The summed E-state index contributed by atoms with van der Waals surface area (Å²) in [6, 6.07) is 5.14. The maximum atomic E-state index is 12.7. The van der Waals surface area contributed by atoms with Crippen molar-refractivity contribution in [2.75, 3.05) is 4.90 Å². The minimum absolute atomic E-state index is 0.00139. The number of aromatic hydroxyl groups is 1. The van der Waals surface area contributed by atoms with Crippen molar-refractivity contribution in [3.8, 4) is 5.75 Å². The van der Waals surface area contributed by atoms with E-state index in [-0.39, 0.29) is 34.6 Å². The first-order valence-electron chi connectivity index (χ1n) is 7.79. The highest BCUT2D eigenvalue weighted by atomic mass is 32.2. The molecular formula is C17H14F3N3O3S. The lowest BCUT2D eigenvalue weighted by molar-refractivity contribution is -0.119. The van der Waals surface area contributed by atoms with Gasteiger partial charge in [-0.1, -0.05) is 0 Å². The molecule has 0 saturated carbocycles. The highest BCUT2D eigenvalue weighted by Crippen LogP contribution is 2.38. The Morgan fingerprint density at radius 3 is 2.44 bits per heavy atom. The summed E-state index contributed by atoms with van der Waals surface area (Å²) < 4.78 is 37.3. The summed E-state index contributed by atoms with van der Waals surface area (Å²) in [5.41, 5.74) is -3.81. The molecule has 1 aliphatic rings. The summed E-state index contributed by atoms with van der Waals surface area (Å²) in [6.07, 6.45) is 2.69. The number of benzene rings is 1. The third-order valence-electron chi connectivity index (χ3n) is 4.04. The number of aromatic nitrogens is 1. The minimum Gasteiger partial charge on any atom is -0.506 e. The lowest BCUT2D eigenvalue weighted by atomic mass is 10.2. The van der Waals surface area contributed by atoms with Crippen LogP contribution in [0.5, 0.6) is 5.75 Å². The molecule has 0 spiro atoms. The number of carbonyl (C=O) groups excluding carboxylic acids is 2. The SMILES string of the molecule is CC1C(=O)N(c2ccc(SC(F)(F)F)cc2)C(=O)N1Cc1ccncc1O. The summed E-state index contributed by atoms with van der Waals surface area (Å²) in [5, 5.41) is 9.82. The molecule has 3 amide bonds. The largest absolute Gasteiger partial charge is 0.506 e. The highest BCUT2D eigenvalue weighted by Gasteiger charge is 2.43. The molecule has 0 radical (unpaired) electrons. The second-order valence-corrected chi connectivity index (χ2v) is 6.94. The maximum absolute atomic E-state index is 12.7. The fourth-order valence-corrected chi connectivity index (χ4v) is 3.22. The smallest absolute Gasteiger partial charge is 0.446 e. The molecule has 1 unspecified atom stereocenters. The van der Waals surface area contributed by atoms with Crippen LogP contribution in [0.15, 0.2) is 47.6 Å². The van der Waals surface area contributed by atoms with E-state index in [9.17, 15) is 27.9 Å². The molecule has 3 rings (SSSR count). The third kappa shape index (κ3) is 4.00. The Hall–Kier alpha value is -2.75. The van der Waals surface area contributed by atoms with Crippen molar-refractivity contribution < 1.29 is 27.9 Å². The van der Waals surface area contributed by atoms with E-state index in [1.165, 1.54) is 47.6 Å². The predicted molar refractivity (Wildman–Crippen MR) is 92.1 cm³/mol. The van der Waals surface area contributed by atoms with Crippen LogP contribution in [0.3, 0.4) is 0 Å². The van der Waals surface area contributed by atoms with Crippen molar-refractivity contribution in [3.63, 3.8) is 0 Å². The number of halogens is 3. The molecule has 2 heterocycles. The van der Waals surface area contributed by atoms with E-state index in [4.69, 9.17) is 0 Å². The Kier molecular flexibility index (Phi) is 5.01. The second kappa shape index (κ2) is 7.10. The van der Waals surface area contributed by atoms with Crippen LogP contribution in [0.2, 0.25) is 0 Å². The Balaban J connectivity index is 1.82. The van der Waals surface area contributed by atoms with Crippen LogP contribution in [-0.2, 0) is 11.3 Å². The van der Waals surface area contributed by atoms with Gasteiger partial charge in [0.1, 0.15) is 11.8 Å². The van der Waals surface area contributed by atoms with Crippen molar-refractivity contribution in [1.82, 2.24) is 9.88 Å². The lowest BCUT2D eigenvalue weighted by Crippen LogP contribution is -2.33. The van der Waals surface area contributed by atoms with Gasteiger partial charge in [-0.05, 0) is 49.0 Å². The van der Waals surface area contributed by atoms with E-state index < -0.39 is 23.5 Å². The van der Waals surface area contributed by atoms with Gasteiger partial charge in [0, 0.05) is 16.7 Å². The molecule has 2 aromatic rings. The van der Waals surface area contributed by atoms with Gasteiger partial charge >= 0.3 is 11.5 Å². The number of imide groups is 1. The molecule has 1 atom stereocenters. The topological polar surface area (TPSA) is 73.7 Å². The average molecular weight is 397 g/mol. The van der Waals surface area contributed by atoms with Crippen LogP contribution >= 0.6 is 11.8 Å². The zero-order valence-electron chi connectivity index (χ0n) is 14.0. The fourth-order valence-electron chi connectivity index (χ4n) is 2.68. The number of nitrogens with zero attached hydrogens (tertiary/aromatic N) is 3. The fraction of sp³-hybridized carbons (Fsp3) is 0.235. The number of hydrogen-bond donors (Lipinski definition) is 1. The summed E-state index contributed by atoms with van der Waals surface area (Å²) >= 11 is -0.274. The van der Waals surface area contributed by atoms with Gasteiger partial charge in [-0.25, -0.2) is 9.69 Å². The zero-order valence-corrected chi connectivity index (χ0v) is 14.8. The Morgan fingerprint density at radius 1 is 1.19 bits per heavy atom. The molecule has 142 valence electrons. The van der Waals surface area contributed by atoms with Crippen LogP contribution in [0, 0.1) is 0 Å². The number of hydrogen-bond acceptors (Lipinski definition) is 5. The van der Waals surface area contributed by atoms with E-state index in [1.807, 2.05) is 0 Å². The number of carbonyl (C=O) groups is 2. The molecule has 1 aromatic carbocycles. The summed E-state index contributed by atoms with van der Waals surface area (Å²) in [6.45, 7) is 1.55. The van der Waals surface area contributed by atoms with Crippen LogP contribution in [0.1, 0.15) is 12.5 Å². The molecule has 0 bridgehead atoms. The van der Waals surface area contributed by atoms with Crippen LogP contribution in [0.25, 0.3) is 0 Å². The molecule has 0 aliphatic carbocycles. The second-order valence-electron chi connectivity index (χ2n) is 5.81. The third-order valence-corrected chi connectivity index (χ3v) is 4.78. The molecule has 1 saturated heterocycles. The number of urea groups is 1. The first-order valence-corrected chi connectivity index (χ1v) is 8.61. The summed E-state index contributed by atoms with van der Waals surface area (Å²) in [4.78, 5) is 31.1. The van der Waals surface area contributed by atoms with Gasteiger partial charge in [-0.2, -0.15) is 13.2 Å². The molecule has 1 fully saturated rings. The molecule has 1 N–H and O–H groups in total. The summed E-state index contributed by atoms with van der Waals surface area (Å²) in [5.74, 6) is -0.596. The van der Waals surface area contributed by atoms with Crippen molar-refractivity contribution in [1.29, 1.82) is 0 Å². The van der Waals surface area contributed by atoms with Crippen LogP contribution in [-0.4, -0.2) is 38.5 Å². The van der Waals surface area contributed by atoms with Crippen molar-refractivity contribution in [2.45, 2.75) is 29.9 Å². The Bertz CT molecular complexity index is 874.